The molecule has 6 atom stereocenters. The molecule has 0 spiro atoms. The first-order valence-corrected chi connectivity index (χ1v) is 15.0. The quantitative estimate of drug-likeness (QED) is 0.258. The molecule has 0 bridgehead atoms. The number of hydrogen-bond donors (Lipinski definition) is 4. The molecule has 4 aliphatic rings. The molecule has 49 heavy (non-hydrogen) atoms. The van der Waals surface area contributed by atoms with E-state index in [1.807, 2.05) is 0 Å². The monoisotopic (exact) mass is 691 g/mol. The van der Waals surface area contributed by atoms with Gasteiger partial charge in [-0.1, -0.05) is 30.8 Å². The van der Waals surface area contributed by atoms with Crippen molar-refractivity contribution in [3.8, 4) is 0 Å². The van der Waals surface area contributed by atoms with E-state index in [0.717, 1.165) is 41.0 Å². The summed E-state index contributed by atoms with van der Waals surface area (Å²) in [5, 5.41) is 29.1. The highest BCUT2D eigenvalue weighted by molar-refractivity contribution is 6.38. The average Bonchev–Trinajstić information content (AvgIpc) is 3.53. The molecule has 0 aromatic heterocycles. The zero-order chi connectivity index (χ0) is 36.4. The number of guanidine groups is 1. The van der Waals surface area contributed by atoms with Crippen molar-refractivity contribution in [3.63, 3.8) is 0 Å². The van der Waals surface area contributed by atoms with E-state index in [0.29, 0.717) is 0 Å². The molecule has 0 saturated heterocycles. The Morgan fingerprint density at radius 2 is 1.84 bits per heavy atom. The van der Waals surface area contributed by atoms with Crippen molar-refractivity contribution in [2.75, 3.05) is 15.1 Å². The topological polar surface area (TPSA) is 83.4 Å². The highest BCUT2D eigenvalue weighted by atomic mass is 35.5. The summed E-state index contributed by atoms with van der Waals surface area (Å²) in [6.45, 7) is 9.92. The lowest BCUT2D eigenvalue weighted by molar-refractivity contribution is -0.161. The summed E-state index contributed by atoms with van der Waals surface area (Å²) in [4.78, 5) is 5.98. The number of allylic oxidation sites excluding steroid dienone is 3. The van der Waals surface area contributed by atoms with Crippen LogP contribution in [-0.2, 0) is 0 Å². The third-order valence-electron chi connectivity index (χ3n) is 9.00. The van der Waals surface area contributed by atoms with Crippen molar-refractivity contribution < 1.29 is 36.6 Å². The van der Waals surface area contributed by atoms with E-state index in [2.05, 4.69) is 28.8 Å². The molecule has 3 aliphatic heterocycles. The van der Waals surface area contributed by atoms with Crippen molar-refractivity contribution in [3.05, 3.63) is 94.2 Å². The number of aliphatic hydroxyl groups is 2. The molecular weight excluding hydrogens is 667 g/mol. The first-order valence-electron chi connectivity index (χ1n) is 14.6. The summed E-state index contributed by atoms with van der Waals surface area (Å²) in [5.41, 5.74) is -10.9. The Kier molecular flexibility index (Phi) is 7.83. The van der Waals surface area contributed by atoms with Gasteiger partial charge in [-0.2, -0.15) is 13.2 Å². The smallest absolute Gasteiger partial charge is 0.378 e. The molecule has 1 aliphatic carbocycles. The maximum Gasteiger partial charge on any atom is 0.395 e. The Bertz CT molecular complexity index is 1920. The molecule has 246 valence electrons. The van der Waals surface area contributed by atoms with Gasteiger partial charge in [0.1, 0.15) is 59.8 Å². The number of fused-ring (bicyclic) bond motifs is 5. The van der Waals surface area contributed by atoms with Crippen LogP contribution in [0.2, 0.25) is 5.02 Å². The lowest BCUT2D eigenvalue weighted by atomic mass is 9.63. The third-order valence-corrected chi connectivity index (χ3v) is 9.35. The number of alkyl halides is 4. The molecule has 2 aromatic carbocycles. The molecule has 6 rings (SSSR count). The predicted octanol–water partition coefficient (Wildman–Crippen LogP) is 4.79. The van der Waals surface area contributed by atoms with Crippen LogP contribution >= 0.6 is 11.6 Å². The van der Waals surface area contributed by atoms with Crippen LogP contribution in [0.25, 0.3) is 5.70 Å². The van der Waals surface area contributed by atoms with Gasteiger partial charge < -0.3 is 20.8 Å². The van der Waals surface area contributed by atoms with Gasteiger partial charge in [0.05, 0.1) is 28.8 Å². The average molecular weight is 691 g/mol. The molecule has 8 radical (unpaired) electrons. The zero-order valence-electron chi connectivity index (χ0n) is 25.9. The van der Waals surface area contributed by atoms with E-state index in [9.17, 15) is 32.2 Å². The number of rotatable bonds is 6. The normalized spacial score (nSPS) is 28.4. The fourth-order valence-corrected chi connectivity index (χ4v) is 6.49. The molecule has 7 nitrogen and oxygen atoms in total. The largest absolute Gasteiger partial charge is 0.395 e. The summed E-state index contributed by atoms with van der Waals surface area (Å²) in [6.07, 6.45) is -3.97. The molecule has 6 unspecified atom stereocenters. The second-order valence-corrected chi connectivity index (χ2v) is 13.1. The molecule has 18 heteroatoms. The van der Waals surface area contributed by atoms with E-state index in [4.69, 9.17) is 43.0 Å². The van der Waals surface area contributed by atoms with Gasteiger partial charge in [0, 0.05) is 45.2 Å². The molecule has 0 saturated carbocycles. The molecule has 2 aromatic rings. The summed E-state index contributed by atoms with van der Waals surface area (Å²) in [6, 6.07) is 3.79. The Balaban J connectivity index is 1.64. The lowest BCUT2D eigenvalue weighted by Crippen LogP contribution is -2.66. The van der Waals surface area contributed by atoms with Gasteiger partial charge in [0.15, 0.2) is 0 Å². The summed E-state index contributed by atoms with van der Waals surface area (Å²) < 4.78 is 85.6. The van der Waals surface area contributed by atoms with Gasteiger partial charge in [0.2, 0.25) is 5.96 Å². The third kappa shape index (κ3) is 5.31. The predicted molar refractivity (Wildman–Crippen MR) is 179 cm³/mol. The number of anilines is 3. The van der Waals surface area contributed by atoms with Crippen molar-refractivity contribution in [1.29, 1.82) is 0 Å². The van der Waals surface area contributed by atoms with E-state index < -0.39 is 64.4 Å². The Morgan fingerprint density at radius 3 is 2.45 bits per heavy atom. The van der Waals surface area contributed by atoms with E-state index >= 15 is 4.39 Å². The summed E-state index contributed by atoms with van der Waals surface area (Å²) in [5.74, 6) is -4.29. The molecule has 3 heterocycles. The highest BCUT2D eigenvalue weighted by Crippen LogP contribution is 2.58. The van der Waals surface area contributed by atoms with Crippen LogP contribution in [-0.4, -0.2) is 76.0 Å². The van der Waals surface area contributed by atoms with Crippen LogP contribution in [0.1, 0.15) is 43.0 Å². The van der Waals surface area contributed by atoms with Gasteiger partial charge in [-0.05, 0) is 49.8 Å². The molecule has 0 fully saturated rings. The molecular formula is C31H24B4ClF6N5O2. The number of hydrogen-bond acceptors (Lipinski definition) is 7. The van der Waals surface area contributed by atoms with Gasteiger partial charge in [-0.25, -0.2) is 8.78 Å². The van der Waals surface area contributed by atoms with Gasteiger partial charge in [0.25, 0.3) is 0 Å². The lowest BCUT2D eigenvalue weighted by Gasteiger charge is -2.43. The SMILES string of the molecule is [B]C(C)(F)C([B])(O)N1C2=NC([B])(C)C([B])(O)N2c2c1cc(NC(=C)C1=CC(C(F)(F)F)CC(F)=C1)c1c2C(=C)NC1c1cc(F)ccc1Cl. The minimum Gasteiger partial charge on any atom is -0.378 e. The maximum absolute atomic E-state index is 15.5. The Hall–Kier alpha value is -3.68. The summed E-state index contributed by atoms with van der Waals surface area (Å²) in [7, 11) is 24.4. The van der Waals surface area contributed by atoms with Crippen molar-refractivity contribution in [2.45, 2.75) is 54.7 Å². The number of benzene rings is 2. The zero-order valence-corrected chi connectivity index (χ0v) is 26.7. The Morgan fingerprint density at radius 1 is 1.18 bits per heavy atom. The van der Waals surface area contributed by atoms with Crippen molar-refractivity contribution in [2.24, 2.45) is 10.9 Å². The number of nitrogens with zero attached hydrogens (tertiary/aromatic N) is 3. The Labute approximate surface area is 288 Å². The van der Waals surface area contributed by atoms with Crippen LogP contribution in [0, 0.1) is 11.7 Å². The van der Waals surface area contributed by atoms with Gasteiger partial charge in [-0.15, -0.1) is 0 Å². The minimum absolute atomic E-state index is 0.00436. The standard InChI is InChI=1S/C31H24B4ClF6N5O2/c1-12(14-7-15(29(40,41)42)9-17(38)8-14)43-20-11-21-25(22-13(2)44-24(23(20)22)18-10-16(37)5-6-19(18)36)47-26(45-28(4,33)31(47,35)49)46(21)30(34,48)27(3,32)39/h5-8,10-11,15,24,43-44,48-49H,1-2,9H2,3-4H3. The van der Waals surface area contributed by atoms with Crippen LogP contribution in [0.15, 0.2) is 71.7 Å². The first-order chi connectivity index (χ1) is 22.4. The molecule has 0 amide bonds. The second-order valence-electron chi connectivity index (χ2n) is 12.7. The fourth-order valence-electron chi connectivity index (χ4n) is 6.26. The number of nitrogens with one attached hydrogen (secondary N) is 2. The van der Waals surface area contributed by atoms with Gasteiger partial charge in [-0.3, -0.25) is 19.2 Å². The highest BCUT2D eigenvalue weighted by Gasteiger charge is 2.61. The van der Waals surface area contributed by atoms with Crippen LogP contribution in [0.4, 0.5) is 43.4 Å². The van der Waals surface area contributed by atoms with Crippen molar-refractivity contribution in [1.82, 2.24) is 5.32 Å². The summed E-state index contributed by atoms with van der Waals surface area (Å²) >= 11 is 6.51. The van der Waals surface area contributed by atoms with Crippen LogP contribution in [0.3, 0.4) is 0 Å². The maximum atomic E-state index is 15.5. The molecule has 4 N–H and O–H groups in total. The number of aliphatic imine (C=N–C) groups is 1. The van der Waals surface area contributed by atoms with E-state index in [1.54, 1.807) is 0 Å². The van der Waals surface area contributed by atoms with Crippen LogP contribution in [0.5, 0.6) is 0 Å². The number of halogens is 7. The van der Waals surface area contributed by atoms with Crippen molar-refractivity contribution >= 4 is 71.7 Å². The van der Waals surface area contributed by atoms with E-state index in [1.165, 1.54) is 19.1 Å². The first kappa shape index (κ1) is 35.2. The minimum atomic E-state index is -4.76. The second kappa shape index (κ2) is 10.9. The fraction of sp³-hybridized carbons (Fsp3) is 0.323. The van der Waals surface area contributed by atoms with Crippen LogP contribution < -0.4 is 20.4 Å². The van der Waals surface area contributed by atoms with E-state index in [-0.39, 0.29) is 55.7 Å². The van der Waals surface area contributed by atoms with Gasteiger partial charge >= 0.3 is 6.18 Å².